The van der Waals surface area contributed by atoms with Gasteiger partial charge in [0, 0.05) is 49.4 Å². The van der Waals surface area contributed by atoms with Crippen LogP contribution in [0.1, 0.15) is 32.7 Å². The van der Waals surface area contributed by atoms with Gasteiger partial charge in [-0.2, -0.15) is 19.9 Å². The maximum absolute atomic E-state index is 13.0. The minimum Gasteiger partial charge on any atom is -0.353 e. The molecule has 2 aromatic carbocycles. The second-order valence-electron chi connectivity index (χ2n) is 8.11. The van der Waals surface area contributed by atoms with Crippen LogP contribution in [0.15, 0.2) is 60.9 Å². The molecule has 0 atom stereocenters. The number of amides is 1. The number of hydrogen-bond acceptors (Lipinski definition) is 6. The van der Waals surface area contributed by atoms with E-state index in [-0.39, 0.29) is 5.91 Å². The molecule has 3 heterocycles. The van der Waals surface area contributed by atoms with Crippen molar-refractivity contribution in [3.63, 3.8) is 0 Å². The molecule has 0 aliphatic carbocycles. The summed E-state index contributed by atoms with van der Waals surface area (Å²) in [5, 5.41) is 13.6. The van der Waals surface area contributed by atoms with Crippen molar-refractivity contribution in [3.8, 4) is 6.07 Å². The molecule has 1 saturated heterocycles. The summed E-state index contributed by atoms with van der Waals surface area (Å²) in [4.78, 5) is 26.1. The number of piperazine rings is 1. The molecule has 4 aromatic rings. The predicted molar refractivity (Wildman–Crippen MR) is 124 cm³/mol. The van der Waals surface area contributed by atoms with Gasteiger partial charge in [0.1, 0.15) is 12.1 Å². The zero-order chi connectivity index (χ0) is 22.8. The molecule has 5 rings (SSSR count). The molecule has 1 amide bonds. The molecule has 0 radical (unpaired) electrons. The van der Waals surface area contributed by atoms with E-state index in [9.17, 15) is 4.79 Å². The van der Waals surface area contributed by atoms with Gasteiger partial charge in [0.15, 0.2) is 0 Å². The minimum absolute atomic E-state index is 0.0481. The largest absolute Gasteiger partial charge is 0.353 e. The third-order valence-corrected chi connectivity index (χ3v) is 6.03. The number of rotatable bonds is 4. The van der Waals surface area contributed by atoms with E-state index in [2.05, 4.69) is 38.2 Å². The summed E-state index contributed by atoms with van der Waals surface area (Å²) in [6.07, 6.45) is 2.27. The topological polar surface area (TPSA) is 90.4 Å². The SMILES string of the molecule is Cc1nc2ncnn2c(N2CCN(C(=O)c3cccc(C#N)c3)CC2)c1Cc1ccccc1. The monoisotopic (exact) mass is 437 g/mol. The van der Waals surface area contributed by atoms with Crippen LogP contribution in [-0.4, -0.2) is 56.6 Å². The molecular formula is C25H23N7O. The minimum atomic E-state index is -0.0481. The quantitative estimate of drug-likeness (QED) is 0.488. The third-order valence-electron chi connectivity index (χ3n) is 6.03. The Hall–Kier alpha value is -4.25. The van der Waals surface area contributed by atoms with E-state index in [1.54, 1.807) is 28.8 Å². The summed E-state index contributed by atoms with van der Waals surface area (Å²) >= 11 is 0. The van der Waals surface area contributed by atoms with Crippen LogP contribution in [0.4, 0.5) is 5.82 Å². The highest BCUT2D eigenvalue weighted by Gasteiger charge is 2.27. The fraction of sp³-hybridized carbons (Fsp3) is 0.240. The number of fused-ring (bicyclic) bond motifs is 1. The van der Waals surface area contributed by atoms with E-state index in [0.29, 0.717) is 43.1 Å². The van der Waals surface area contributed by atoms with Crippen molar-refractivity contribution in [3.05, 3.63) is 88.9 Å². The molecule has 33 heavy (non-hydrogen) atoms. The zero-order valence-electron chi connectivity index (χ0n) is 18.3. The van der Waals surface area contributed by atoms with Crippen molar-refractivity contribution in [2.45, 2.75) is 13.3 Å². The lowest BCUT2D eigenvalue weighted by molar-refractivity contribution is 0.0746. The van der Waals surface area contributed by atoms with E-state index in [1.165, 1.54) is 11.9 Å². The van der Waals surface area contributed by atoms with Gasteiger partial charge in [0.05, 0.1) is 11.6 Å². The van der Waals surface area contributed by atoms with Gasteiger partial charge < -0.3 is 9.80 Å². The molecule has 8 nitrogen and oxygen atoms in total. The molecule has 1 aliphatic heterocycles. The van der Waals surface area contributed by atoms with Crippen LogP contribution in [-0.2, 0) is 6.42 Å². The number of nitrogens with zero attached hydrogens (tertiary/aromatic N) is 7. The summed E-state index contributed by atoms with van der Waals surface area (Å²) < 4.78 is 1.80. The second-order valence-corrected chi connectivity index (χ2v) is 8.11. The van der Waals surface area contributed by atoms with E-state index in [1.807, 2.05) is 30.0 Å². The van der Waals surface area contributed by atoms with E-state index >= 15 is 0 Å². The second kappa shape index (κ2) is 8.71. The van der Waals surface area contributed by atoms with Gasteiger partial charge in [-0.1, -0.05) is 36.4 Å². The summed E-state index contributed by atoms with van der Waals surface area (Å²) in [5.74, 6) is 1.51. The number of carbonyl (C=O) groups is 1. The van der Waals surface area contributed by atoms with Crippen LogP contribution in [0.2, 0.25) is 0 Å². The number of benzene rings is 2. The molecule has 8 heteroatoms. The van der Waals surface area contributed by atoms with E-state index in [0.717, 1.165) is 23.5 Å². The number of carbonyl (C=O) groups excluding carboxylic acids is 1. The summed E-state index contributed by atoms with van der Waals surface area (Å²) in [6, 6.07) is 19.3. The van der Waals surface area contributed by atoms with Crippen LogP contribution in [0.5, 0.6) is 0 Å². The Labute approximate surface area is 191 Å². The molecule has 0 saturated carbocycles. The number of aromatic nitrogens is 4. The maximum Gasteiger partial charge on any atom is 0.254 e. The highest BCUT2D eigenvalue weighted by molar-refractivity contribution is 5.94. The number of anilines is 1. The molecule has 0 spiro atoms. The van der Waals surface area contributed by atoms with E-state index < -0.39 is 0 Å². The Balaban J connectivity index is 1.42. The van der Waals surface area contributed by atoms with Crippen LogP contribution in [0.25, 0.3) is 5.78 Å². The first-order chi connectivity index (χ1) is 16.1. The average Bonchev–Trinajstić information content (AvgIpc) is 3.32. The normalized spacial score (nSPS) is 13.8. The van der Waals surface area contributed by atoms with Gasteiger partial charge in [-0.15, -0.1) is 0 Å². The molecule has 1 aliphatic rings. The number of aryl methyl sites for hydroxylation is 1. The highest BCUT2D eigenvalue weighted by atomic mass is 16.2. The summed E-state index contributed by atoms with van der Waals surface area (Å²) in [6.45, 7) is 4.52. The van der Waals surface area contributed by atoms with Crippen LogP contribution < -0.4 is 4.90 Å². The lowest BCUT2D eigenvalue weighted by Crippen LogP contribution is -2.49. The third kappa shape index (κ3) is 4.01. The predicted octanol–water partition coefficient (Wildman–Crippen LogP) is 2.86. The Kier molecular flexibility index (Phi) is 5.45. The number of nitriles is 1. The Bertz CT molecular complexity index is 1350. The van der Waals surface area contributed by atoms with Crippen molar-refractivity contribution in [1.82, 2.24) is 24.5 Å². The smallest absolute Gasteiger partial charge is 0.254 e. The van der Waals surface area contributed by atoms with Gasteiger partial charge in [0.2, 0.25) is 0 Å². The van der Waals surface area contributed by atoms with E-state index in [4.69, 9.17) is 5.26 Å². The summed E-state index contributed by atoms with van der Waals surface area (Å²) in [7, 11) is 0. The van der Waals surface area contributed by atoms with Crippen molar-refractivity contribution in [1.29, 1.82) is 5.26 Å². The lowest BCUT2D eigenvalue weighted by Gasteiger charge is -2.37. The van der Waals surface area contributed by atoms with Crippen LogP contribution >= 0.6 is 0 Å². The van der Waals surface area contributed by atoms with Gasteiger partial charge in [-0.3, -0.25) is 4.79 Å². The van der Waals surface area contributed by atoms with Gasteiger partial charge in [0.25, 0.3) is 11.7 Å². The molecule has 0 unspecified atom stereocenters. The fourth-order valence-corrected chi connectivity index (χ4v) is 4.33. The van der Waals surface area contributed by atoms with Crippen molar-refractivity contribution in [2.24, 2.45) is 0 Å². The molecule has 164 valence electrons. The molecule has 0 N–H and O–H groups in total. The molecular weight excluding hydrogens is 414 g/mol. The van der Waals surface area contributed by atoms with Crippen molar-refractivity contribution in [2.75, 3.05) is 31.1 Å². The first-order valence-corrected chi connectivity index (χ1v) is 10.9. The Morgan fingerprint density at radius 2 is 1.85 bits per heavy atom. The molecule has 0 bridgehead atoms. The van der Waals surface area contributed by atoms with Gasteiger partial charge in [-0.25, -0.2) is 4.98 Å². The first-order valence-electron chi connectivity index (χ1n) is 10.9. The van der Waals surface area contributed by atoms with Crippen LogP contribution in [0.3, 0.4) is 0 Å². The first kappa shape index (κ1) is 20.6. The van der Waals surface area contributed by atoms with Crippen molar-refractivity contribution >= 4 is 17.5 Å². The van der Waals surface area contributed by atoms with Crippen molar-refractivity contribution < 1.29 is 4.79 Å². The van der Waals surface area contributed by atoms with Gasteiger partial charge >= 0.3 is 0 Å². The summed E-state index contributed by atoms with van der Waals surface area (Å²) in [5.41, 5.74) is 4.28. The average molecular weight is 438 g/mol. The number of hydrogen-bond donors (Lipinski definition) is 0. The molecule has 1 fully saturated rings. The van der Waals surface area contributed by atoms with Gasteiger partial charge in [-0.05, 0) is 30.7 Å². The molecule has 2 aromatic heterocycles. The maximum atomic E-state index is 13.0. The Morgan fingerprint density at radius 1 is 1.06 bits per heavy atom. The van der Waals surface area contributed by atoms with Crippen LogP contribution in [0, 0.1) is 18.3 Å². The zero-order valence-corrected chi connectivity index (χ0v) is 18.3. The standard InChI is InChI=1S/C25H23N7O/c1-18-22(15-19-6-3-2-4-7-19)23(32-25(29-18)27-17-28-32)30-10-12-31(13-11-30)24(33)21-9-5-8-20(14-21)16-26/h2-9,14,17H,10-13,15H2,1H3. The lowest BCUT2D eigenvalue weighted by atomic mass is 10.0. The Morgan fingerprint density at radius 3 is 2.61 bits per heavy atom. The fourth-order valence-electron chi connectivity index (χ4n) is 4.33. The highest BCUT2D eigenvalue weighted by Crippen LogP contribution is 2.27.